The number of hydrogen-bond donors (Lipinski definition) is 2. The van der Waals surface area contributed by atoms with Crippen molar-refractivity contribution in [3.8, 4) is 5.75 Å². The molecule has 0 saturated carbocycles. The van der Waals surface area contributed by atoms with Crippen molar-refractivity contribution in [2.45, 2.75) is 13.8 Å². The molecule has 19 heavy (non-hydrogen) atoms. The zero-order chi connectivity index (χ0) is 14.3. The van der Waals surface area contributed by atoms with E-state index in [9.17, 15) is 8.42 Å². The summed E-state index contributed by atoms with van der Waals surface area (Å²) in [6, 6.07) is 6.99. The van der Waals surface area contributed by atoms with E-state index in [1.807, 2.05) is 19.9 Å². The minimum absolute atomic E-state index is 0.0678. The maximum Gasteiger partial charge on any atom is 0.215 e. The molecular weight excluding hydrogens is 264 g/mol. The number of para-hydroxylation sites is 2. The minimum Gasteiger partial charge on any atom is -0.490 e. The first-order valence-electron chi connectivity index (χ1n) is 5.99. The van der Waals surface area contributed by atoms with Crippen LogP contribution in [0.15, 0.2) is 35.9 Å². The maximum absolute atomic E-state index is 11.6. The second-order valence-electron chi connectivity index (χ2n) is 4.34. The number of nitrogen functional groups attached to an aromatic ring is 1. The van der Waals surface area contributed by atoms with Crippen LogP contribution >= 0.6 is 0 Å². The highest BCUT2D eigenvalue weighted by molar-refractivity contribution is 7.89. The summed E-state index contributed by atoms with van der Waals surface area (Å²) >= 11 is 0. The predicted molar refractivity (Wildman–Crippen MR) is 77.6 cm³/mol. The third kappa shape index (κ3) is 6.26. The van der Waals surface area contributed by atoms with Crippen LogP contribution in [0.3, 0.4) is 0 Å². The van der Waals surface area contributed by atoms with Crippen molar-refractivity contribution in [2.75, 3.05) is 24.6 Å². The number of ether oxygens (including phenoxy) is 1. The molecule has 0 unspecified atom stereocenters. The molecule has 5 nitrogen and oxygen atoms in total. The Balaban J connectivity index is 2.40. The number of allylic oxidation sites excluding steroid dienone is 1. The highest BCUT2D eigenvalue weighted by Gasteiger charge is 2.09. The van der Waals surface area contributed by atoms with Gasteiger partial charge < -0.3 is 10.5 Å². The Bertz CT molecular complexity index is 535. The SMILES string of the molecule is CC(C)=CCNS(=O)(=O)CCOc1ccccc1N. The third-order valence-corrected chi connectivity index (χ3v) is 3.65. The standard InChI is InChI=1S/C13H20N2O3S/c1-11(2)7-8-15-19(16,17)10-9-18-13-6-4-3-5-12(13)14/h3-7,15H,8-10,14H2,1-2H3. The molecule has 0 aliphatic rings. The number of nitrogens with one attached hydrogen (secondary N) is 1. The van der Waals surface area contributed by atoms with Gasteiger partial charge in [-0.2, -0.15) is 0 Å². The van der Waals surface area contributed by atoms with E-state index in [0.717, 1.165) is 5.57 Å². The predicted octanol–water partition coefficient (Wildman–Crippen LogP) is 1.53. The molecule has 106 valence electrons. The van der Waals surface area contributed by atoms with E-state index in [-0.39, 0.29) is 12.4 Å². The van der Waals surface area contributed by atoms with Crippen LogP contribution in [0.1, 0.15) is 13.8 Å². The molecule has 0 heterocycles. The van der Waals surface area contributed by atoms with E-state index in [2.05, 4.69) is 4.72 Å². The van der Waals surface area contributed by atoms with Gasteiger partial charge in [-0.1, -0.05) is 23.8 Å². The average molecular weight is 284 g/mol. The molecule has 0 radical (unpaired) electrons. The smallest absolute Gasteiger partial charge is 0.215 e. The Morgan fingerprint density at radius 2 is 2.05 bits per heavy atom. The van der Waals surface area contributed by atoms with Crippen molar-refractivity contribution in [3.63, 3.8) is 0 Å². The number of nitrogens with two attached hydrogens (primary N) is 1. The third-order valence-electron chi connectivity index (χ3n) is 2.34. The molecule has 0 atom stereocenters. The summed E-state index contributed by atoms with van der Waals surface area (Å²) in [5.41, 5.74) is 7.25. The van der Waals surface area contributed by atoms with Gasteiger partial charge in [0.15, 0.2) is 0 Å². The summed E-state index contributed by atoms with van der Waals surface area (Å²) in [7, 11) is -3.32. The van der Waals surface area contributed by atoms with E-state index < -0.39 is 10.0 Å². The van der Waals surface area contributed by atoms with Crippen LogP contribution in [0.4, 0.5) is 5.69 Å². The van der Waals surface area contributed by atoms with Gasteiger partial charge in [-0.3, -0.25) is 0 Å². The van der Waals surface area contributed by atoms with Crippen molar-refractivity contribution in [2.24, 2.45) is 0 Å². The Kier molecular flexibility index (Phi) is 5.85. The maximum atomic E-state index is 11.6. The first kappa shape index (κ1) is 15.5. The fraction of sp³-hybridized carbons (Fsp3) is 0.385. The van der Waals surface area contributed by atoms with E-state index in [0.29, 0.717) is 18.0 Å². The molecule has 0 fully saturated rings. The normalized spacial score (nSPS) is 11.1. The molecular formula is C13H20N2O3S. The van der Waals surface area contributed by atoms with Crippen molar-refractivity contribution in [1.29, 1.82) is 0 Å². The summed E-state index contributed by atoms with van der Waals surface area (Å²) in [6.07, 6.45) is 1.81. The quantitative estimate of drug-likeness (QED) is 0.588. The van der Waals surface area contributed by atoms with Crippen molar-refractivity contribution < 1.29 is 13.2 Å². The highest BCUT2D eigenvalue weighted by Crippen LogP contribution is 2.19. The lowest BCUT2D eigenvalue weighted by Crippen LogP contribution is -2.29. The largest absolute Gasteiger partial charge is 0.490 e. The van der Waals surface area contributed by atoms with Crippen LogP contribution in [0, 0.1) is 0 Å². The lowest BCUT2D eigenvalue weighted by Gasteiger charge is -2.09. The van der Waals surface area contributed by atoms with Crippen LogP contribution in [0.2, 0.25) is 0 Å². The van der Waals surface area contributed by atoms with Gasteiger partial charge in [0.25, 0.3) is 0 Å². The average Bonchev–Trinajstić information content (AvgIpc) is 2.30. The van der Waals surface area contributed by atoms with Crippen molar-refractivity contribution in [1.82, 2.24) is 4.72 Å². The minimum atomic E-state index is -3.32. The molecule has 0 amide bonds. The van der Waals surface area contributed by atoms with Gasteiger partial charge in [-0.25, -0.2) is 13.1 Å². The van der Waals surface area contributed by atoms with Gasteiger partial charge in [-0.05, 0) is 26.0 Å². The van der Waals surface area contributed by atoms with Crippen LogP contribution in [0.25, 0.3) is 0 Å². The second-order valence-corrected chi connectivity index (χ2v) is 6.26. The van der Waals surface area contributed by atoms with E-state index in [1.165, 1.54) is 0 Å². The molecule has 1 rings (SSSR count). The van der Waals surface area contributed by atoms with Gasteiger partial charge in [0.2, 0.25) is 10.0 Å². The van der Waals surface area contributed by atoms with Crippen molar-refractivity contribution >= 4 is 15.7 Å². The molecule has 0 aliphatic carbocycles. The Morgan fingerprint density at radius 1 is 1.37 bits per heavy atom. The van der Waals surface area contributed by atoms with Crippen LogP contribution in [-0.2, 0) is 10.0 Å². The Morgan fingerprint density at radius 3 is 2.68 bits per heavy atom. The summed E-state index contributed by atoms with van der Waals surface area (Å²) < 4.78 is 31.1. The summed E-state index contributed by atoms with van der Waals surface area (Å²) in [4.78, 5) is 0. The first-order chi connectivity index (χ1) is 8.91. The van der Waals surface area contributed by atoms with Crippen LogP contribution in [0.5, 0.6) is 5.75 Å². The number of anilines is 1. The molecule has 3 N–H and O–H groups in total. The number of rotatable bonds is 7. The van der Waals surface area contributed by atoms with Crippen molar-refractivity contribution in [3.05, 3.63) is 35.9 Å². The summed E-state index contributed by atoms with van der Waals surface area (Å²) in [5.74, 6) is 0.403. The molecule has 1 aromatic carbocycles. The molecule has 0 aromatic heterocycles. The Labute approximate surface area is 114 Å². The van der Waals surface area contributed by atoms with E-state index >= 15 is 0 Å². The number of sulfonamides is 1. The van der Waals surface area contributed by atoms with Gasteiger partial charge in [0.05, 0.1) is 11.4 Å². The molecule has 0 spiro atoms. The number of hydrogen-bond acceptors (Lipinski definition) is 4. The monoisotopic (exact) mass is 284 g/mol. The fourth-order valence-electron chi connectivity index (χ4n) is 1.32. The van der Waals surface area contributed by atoms with E-state index in [4.69, 9.17) is 10.5 Å². The Hall–Kier alpha value is -1.53. The fourth-order valence-corrected chi connectivity index (χ4v) is 2.10. The van der Waals surface area contributed by atoms with Crippen LogP contribution < -0.4 is 15.2 Å². The van der Waals surface area contributed by atoms with Crippen LogP contribution in [-0.4, -0.2) is 27.3 Å². The molecule has 0 saturated heterocycles. The lowest BCUT2D eigenvalue weighted by atomic mass is 10.3. The van der Waals surface area contributed by atoms with Gasteiger partial charge in [-0.15, -0.1) is 0 Å². The molecule has 0 bridgehead atoms. The zero-order valence-corrected chi connectivity index (χ0v) is 12.0. The van der Waals surface area contributed by atoms with Gasteiger partial charge in [0, 0.05) is 6.54 Å². The summed E-state index contributed by atoms with van der Waals surface area (Å²) in [5, 5.41) is 0. The zero-order valence-electron chi connectivity index (χ0n) is 11.2. The second kappa shape index (κ2) is 7.16. The highest BCUT2D eigenvalue weighted by atomic mass is 32.2. The topological polar surface area (TPSA) is 81.4 Å². The molecule has 6 heteroatoms. The first-order valence-corrected chi connectivity index (χ1v) is 7.64. The van der Waals surface area contributed by atoms with Gasteiger partial charge >= 0.3 is 0 Å². The molecule has 0 aliphatic heterocycles. The lowest BCUT2D eigenvalue weighted by molar-refractivity contribution is 0.342. The summed E-state index contributed by atoms with van der Waals surface area (Å²) in [6.45, 7) is 4.20. The number of benzene rings is 1. The molecule has 1 aromatic rings. The van der Waals surface area contributed by atoms with Gasteiger partial charge in [0.1, 0.15) is 12.4 Å². The van der Waals surface area contributed by atoms with E-state index in [1.54, 1.807) is 24.3 Å².